The highest BCUT2D eigenvalue weighted by molar-refractivity contribution is 6.16. The van der Waals surface area contributed by atoms with Gasteiger partial charge in [-0.25, -0.2) is 0 Å². The predicted octanol–water partition coefficient (Wildman–Crippen LogP) is 7.27. The average Bonchev–Trinajstić information content (AvgIpc) is 2.83. The van der Waals surface area contributed by atoms with Crippen LogP contribution >= 0.6 is 0 Å². The first-order valence-electron chi connectivity index (χ1n) is 10.8. The van der Waals surface area contributed by atoms with Crippen LogP contribution in [-0.2, 0) is 6.42 Å². The Morgan fingerprint density at radius 1 is 0.613 bits per heavy atom. The lowest BCUT2D eigenvalue weighted by atomic mass is 9.92. The molecule has 0 saturated carbocycles. The number of benzene rings is 5. The van der Waals surface area contributed by atoms with Crippen molar-refractivity contribution in [3.05, 3.63) is 114 Å². The predicted molar refractivity (Wildman–Crippen MR) is 134 cm³/mol. The molecule has 0 atom stereocenters. The van der Waals surface area contributed by atoms with Crippen LogP contribution in [0.25, 0.3) is 21.5 Å². The fourth-order valence-electron chi connectivity index (χ4n) is 4.55. The number of anilines is 3. The smallest absolute Gasteiger partial charge is 0.0618 e. The summed E-state index contributed by atoms with van der Waals surface area (Å²) in [6.07, 6.45) is 0.873. The molecule has 5 aromatic carbocycles. The highest BCUT2D eigenvalue weighted by Gasteiger charge is 2.20. The lowest BCUT2D eigenvalue weighted by Gasteiger charge is -2.29. The Morgan fingerprint density at radius 2 is 1.16 bits per heavy atom. The Bertz CT molecular complexity index is 1300. The van der Waals surface area contributed by atoms with E-state index in [4.69, 9.17) is 5.73 Å². The largest absolute Gasteiger partial charge is 0.330 e. The van der Waals surface area contributed by atoms with Crippen LogP contribution in [0.15, 0.2) is 103 Å². The Morgan fingerprint density at radius 3 is 1.77 bits per heavy atom. The summed E-state index contributed by atoms with van der Waals surface area (Å²) in [4.78, 5) is 2.39. The minimum Gasteiger partial charge on any atom is -0.330 e. The molecule has 0 aliphatic carbocycles. The molecule has 0 aliphatic rings. The van der Waals surface area contributed by atoms with Gasteiger partial charge in [-0.2, -0.15) is 0 Å². The van der Waals surface area contributed by atoms with Gasteiger partial charge in [0.2, 0.25) is 0 Å². The van der Waals surface area contributed by atoms with E-state index in [1.807, 2.05) is 0 Å². The lowest BCUT2D eigenvalue weighted by Crippen LogP contribution is -2.11. The maximum absolute atomic E-state index is 5.89. The van der Waals surface area contributed by atoms with Crippen molar-refractivity contribution in [2.24, 2.45) is 5.73 Å². The van der Waals surface area contributed by atoms with Crippen molar-refractivity contribution in [3.63, 3.8) is 0 Å². The molecule has 0 saturated heterocycles. The van der Waals surface area contributed by atoms with Gasteiger partial charge in [0, 0.05) is 22.1 Å². The Kier molecular flexibility index (Phi) is 5.15. The van der Waals surface area contributed by atoms with E-state index in [-0.39, 0.29) is 0 Å². The van der Waals surface area contributed by atoms with Crippen LogP contribution < -0.4 is 10.6 Å². The number of aryl methyl sites for hydroxylation is 1. The molecule has 5 aromatic rings. The number of hydrogen-bond acceptors (Lipinski definition) is 2. The topological polar surface area (TPSA) is 29.3 Å². The monoisotopic (exact) mass is 402 g/mol. The molecule has 0 aliphatic heterocycles. The second-order valence-electron chi connectivity index (χ2n) is 7.94. The van der Waals surface area contributed by atoms with E-state index in [1.165, 1.54) is 38.4 Å². The molecule has 0 fully saturated rings. The van der Waals surface area contributed by atoms with Crippen LogP contribution in [0.3, 0.4) is 0 Å². The lowest BCUT2D eigenvalue weighted by molar-refractivity contribution is 0.971. The molecule has 0 bridgehead atoms. The zero-order valence-electron chi connectivity index (χ0n) is 17.8. The first kappa shape index (κ1) is 19.3. The number of nitrogens with zero attached hydrogens (tertiary/aromatic N) is 1. The standard InChI is InChI=1S/C29H26N2/c1-21-25-14-8-9-15-27(25)29(28-20-22(18-19-30)16-17-26(21)28)31(23-10-4-2-5-11-23)24-12-6-3-7-13-24/h2-17,20H,18-19,30H2,1H3. The van der Waals surface area contributed by atoms with Crippen molar-refractivity contribution in [1.29, 1.82) is 0 Å². The molecular weight excluding hydrogens is 376 g/mol. The fraction of sp³-hybridized carbons (Fsp3) is 0.103. The molecular formula is C29H26N2. The summed E-state index contributed by atoms with van der Waals surface area (Å²) in [7, 11) is 0. The van der Waals surface area contributed by atoms with Gasteiger partial charge in [-0.05, 0) is 72.1 Å². The third-order valence-electron chi connectivity index (χ3n) is 6.01. The molecule has 0 spiro atoms. The maximum Gasteiger partial charge on any atom is 0.0618 e. The van der Waals surface area contributed by atoms with Crippen LogP contribution in [0.1, 0.15) is 11.1 Å². The van der Waals surface area contributed by atoms with E-state index in [9.17, 15) is 0 Å². The zero-order valence-corrected chi connectivity index (χ0v) is 17.8. The number of rotatable bonds is 5. The molecule has 0 amide bonds. The summed E-state index contributed by atoms with van der Waals surface area (Å²) in [6.45, 7) is 2.88. The molecule has 0 aromatic heterocycles. The van der Waals surface area contributed by atoms with Gasteiger partial charge in [-0.1, -0.05) is 72.8 Å². The maximum atomic E-state index is 5.89. The van der Waals surface area contributed by atoms with E-state index in [0.29, 0.717) is 6.54 Å². The van der Waals surface area contributed by atoms with Gasteiger partial charge in [-0.3, -0.25) is 0 Å². The first-order valence-corrected chi connectivity index (χ1v) is 10.8. The summed E-state index contributed by atoms with van der Waals surface area (Å²) in [5.41, 5.74) is 12.0. The van der Waals surface area contributed by atoms with Crippen LogP contribution in [-0.4, -0.2) is 6.54 Å². The van der Waals surface area contributed by atoms with Gasteiger partial charge in [-0.15, -0.1) is 0 Å². The summed E-state index contributed by atoms with van der Waals surface area (Å²) in [6, 6.07) is 36.8. The van der Waals surface area contributed by atoms with Crippen molar-refractivity contribution in [3.8, 4) is 0 Å². The van der Waals surface area contributed by atoms with Crippen molar-refractivity contribution < 1.29 is 0 Å². The van der Waals surface area contributed by atoms with Crippen LogP contribution in [0.2, 0.25) is 0 Å². The normalized spacial score (nSPS) is 11.2. The van der Waals surface area contributed by atoms with Gasteiger partial charge in [0.15, 0.2) is 0 Å². The highest BCUT2D eigenvalue weighted by atomic mass is 15.1. The molecule has 152 valence electrons. The summed E-state index contributed by atoms with van der Waals surface area (Å²) >= 11 is 0. The quantitative estimate of drug-likeness (QED) is 0.313. The summed E-state index contributed by atoms with van der Waals surface area (Å²) < 4.78 is 0. The Hall–Kier alpha value is -3.62. The molecule has 2 N–H and O–H groups in total. The van der Waals surface area contributed by atoms with Crippen LogP contribution in [0, 0.1) is 6.92 Å². The minimum absolute atomic E-state index is 0.647. The number of fused-ring (bicyclic) bond motifs is 2. The van der Waals surface area contributed by atoms with Gasteiger partial charge < -0.3 is 10.6 Å². The van der Waals surface area contributed by atoms with Gasteiger partial charge in [0.25, 0.3) is 0 Å². The van der Waals surface area contributed by atoms with Crippen molar-refractivity contribution >= 4 is 38.6 Å². The molecule has 0 heterocycles. The van der Waals surface area contributed by atoms with Gasteiger partial charge in [0.05, 0.1) is 5.69 Å². The minimum atomic E-state index is 0.647. The Balaban J connectivity index is 1.93. The first-order chi connectivity index (χ1) is 15.3. The van der Waals surface area contributed by atoms with E-state index in [2.05, 4.69) is 115 Å². The van der Waals surface area contributed by atoms with E-state index < -0.39 is 0 Å². The SMILES string of the molecule is Cc1c2ccccc2c(N(c2ccccc2)c2ccccc2)c2cc(CCN)ccc12. The molecule has 2 heteroatoms. The number of nitrogens with two attached hydrogens (primary N) is 1. The molecule has 0 unspecified atom stereocenters. The van der Waals surface area contributed by atoms with Crippen LogP contribution in [0.5, 0.6) is 0 Å². The van der Waals surface area contributed by atoms with Crippen LogP contribution in [0.4, 0.5) is 17.1 Å². The third-order valence-corrected chi connectivity index (χ3v) is 6.01. The van der Waals surface area contributed by atoms with E-state index in [0.717, 1.165) is 17.8 Å². The Labute approximate surface area is 183 Å². The van der Waals surface area contributed by atoms with Gasteiger partial charge in [0.1, 0.15) is 0 Å². The van der Waals surface area contributed by atoms with Crippen molar-refractivity contribution in [2.45, 2.75) is 13.3 Å². The second-order valence-corrected chi connectivity index (χ2v) is 7.94. The molecule has 0 radical (unpaired) electrons. The fourth-order valence-corrected chi connectivity index (χ4v) is 4.55. The molecule has 5 rings (SSSR count). The summed E-state index contributed by atoms with van der Waals surface area (Å²) in [5, 5.41) is 5.08. The molecule has 31 heavy (non-hydrogen) atoms. The summed E-state index contributed by atoms with van der Waals surface area (Å²) in [5.74, 6) is 0. The van der Waals surface area contributed by atoms with E-state index in [1.54, 1.807) is 0 Å². The van der Waals surface area contributed by atoms with Gasteiger partial charge >= 0.3 is 0 Å². The van der Waals surface area contributed by atoms with E-state index >= 15 is 0 Å². The average molecular weight is 403 g/mol. The third kappa shape index (κ3) is 3.45. The number of hydrogen-bond donors (Lipinski definition) is 1. The zero-order chi connectivity index (χ0) is 21.2. The van der Waals surface area contributed by atoms with Crippen molar-refractivity contribution in [1.82, 2.24) is 0 Å². The molecule has 2 nitrogen and oxygen atoms in total. The van der Waals surface area contributed by atoms with Crippen molar-refractivity contribution in [2.75, 3.05) is 11.4 Å². The second kappa shape index (κ2) is 8.25. The highest BCUT2D eigenvalue weighted by Crippen LogP contribution is 2.45. The number of para-hydroxylation sites is 2.